The Morgan fingerprint density at radius 3 is 2.58 bits per heavy atom. The van der Waals surface area contributed by atoms with E-state index >= 15 is 0 Å². The van der Waals surface area contributed by atoms with Gasteiger partial charge in [-0.3, -0.25) is 0 Å². The van der Waals surface area contributed by atoms with Gasteiger partial charge in [0, 0.05) is 19.0 Å². The minimum Gasteiger partial charge on any atom is -0.497 e. The zero-order chi connectivity index (χ0) is 13.5. The van der Waals surface area contributed by atoms with Gasteiger partial charge in [0.2, 0.25) is 0 Å². The first-order chi connectivity index (χ1) is 9.33. The number of furan rings is 1. The minimum absolute atomic E-state index is 0.376. The van der Waals surface area contributed by atoms with Crippen molar-refractivity contribution in [2.45, 2.75) is 25.8 Å². The molecular formula is C16H21NO2. The van der Waals surface area contributed by atoms with E-state index in [1.807, 2.05) is 24.3 Å². The van der Waals surface area contributed by atoms with Crippen LogP contribution in [-0.4, -0.2) is 13.7 Å². The lowest BCUT2D eigenvalue weighted by Crippen LogP contribution is -2.23. The van der Waals surface area contributed by atoms with E-state index in [0.29, 0.717) is 6.04 Å². The molecule has 0 fully saturated rings. The summed E-state index contributed by atoms with van der Waals surface area (Å²) in [4.78, 5) is 0. The van der Waals surface area contributed by atoms with Gasteiger partial charge in [-0.15, -0.1) is 0 Å². The monoisotopic (exact) mass is 259 g/mol. The molecule has 0 radical (unpaired) electrons. The summed E-state index contributed by atoms with van der Waals surface area (Å²) in [5, 5.41) is 3.56. The number of rotatable bonds is 7. The Morgan fingerprint density at radius 1 is 1.21 bits per heavy atom. The molecule has 19 heavy (non-hydrogen) atoms. The van der Waals surface area contributed by atoms with Gasteiger partial charge in [-0.2, -0.15) is 0 Å². The highest BCUT2D eigenvalue weighted by Crippen LogP contribution is 2.20. The van der Waals surface area contributed by atoms with Crippen LogP contribution in [0.1, 0.15) is 30.7 Å². The zero-order valence-corrected chi connectivity index (χ0v) is 11.6. The van der Waals surface area contributed by atoms with E-state index in [1.54, 1.807) is 13.4 Å². The second-order valence-electron chi connectivity index (χ2n) is 4.52. The Morgan fingerprint density at radius 2 is 2.00 bits per heavy atom. The van der Waals surface area contributed by atoms with Crippen molar-refractivity contribution in [1.82, 2.24) is 5.32 Å². The Bertz CT molecular complexity index is 462. The summed E-state index contributed by atoms with van der Waals surface area (Å²) in [6, 6.07) is 12.6. The van der Waals surface area contributed by atoms with Crippen molar-refractivity contribution < 1.29 is 9.15 Å². The van der Waals surface area contributed by atoms with Crippen LogP contribution in [0.3, 0.4) is 0 Å². The van der Waals surface area contributed by atoms with Gasteiger partial charge in [-0.25, -0.2) is 0 Å². The molecule has 0 saturated carbocycles. The summed E-state index contributed by atoms with van der Waals surface area (Å²) < 4.78 is 10.5. The largest absolute Gasteiger partial charge is 0.497 e. The standard InChI is InChI=1S/C16H21NO2/c1-3-16(13-6-8-14(18-2)9-7-13)17-11-10-15-5-4-12-19-15/h4-9,12,16-17H,3,10-11H2,1-2H3. The molecule has 1 heterocycles. The Kier molecular flexibility index (Phi) is 5.04. The maximum absolute atomic E-state index is 5.33. The van der Waals surface area contributed by atoms with Gasteiger partial charge in [0.1, 0.15) is 11.5 Å². The van der Waals surface area contributed by atoms with Crippen LogP contribution in [-0.2, 0) is 6.42 Å². The lowest BCUT2D eigenvalue weighted by Gasteiger charge is -2.17. The highest BCUT2D eigenvalue weighted by Gasteiger charge is 2.08. The van der Waals surface area contributed by atoms with Crippen LogP contribution < -0.4 is 10.1 Å². The fraction of sp³-hybridized carbons (Fsp3) is 0.375. The van der Waals surface area contributed by atoms with E-state index in [9.17, 15) is 0 Å². The molecule has 2 aromatic rings. The first kappa shape index (κ1) is 13.7. The molecule has 1 unspecified atom stereocenters. The molecular weight excluding hydrogens is 238 g/mol. The van der Waals surface area contributed by atoms with Crippen LogP contribution in [0.15, 0.2) is 47.1 Å². The fourth-order valence-corrected chi connectivity index (χ4v) is 2.16. The molecule has 0 saturated heterocycles. The van der Waals surface area contributed by atoms with Crippen LogP contribution in [0, 0.1) is 0 Å². The number of hydrogen-bond donors (Lipinski definition) is 1. The Balaban J connectivity index is 1.88. The van der Waals surface area contributed by atoms with Gasteiger partial charge in [0.15, 0.2) is 0 Å². The molecule has 3 nitrogen and oxygen atoms in total. The van der Waals surface area contributed by atoms with E-state index in [1.165, 1.54) is 5.56 Å². The normalized spacial score (nSPS) is 12.3. The molecule has 0 aliphatic rings. The number of nitrogens with one attached hydrogen (secondary N) is 1. The molecule has 102 valence electrons. The predicted molar refractivity (Wildman–Crippen MR) is 76.4 cm³/mol. The van der Waals surface area contributed by atoms with Crippen molar-refractivity contribution >= 4 is 0 Å². The van der Waals surface area contributed by atoms with Crippen LogP contribution in [0.5, 0.6) is 5.75 Å². The Hall–Kier alpha value is -1.74. The van der Waals surface area contributed by atoms with Gasteiger partial charge in [-0.05, 0) is 36.2 Å². The summed E-state index contributed by atoms with van der Waals surface area (Å²) in [7, 11) is 1.69. The second-order valence-corrected chi connectivity index (χ2v) is 4.52. The van der Waals surface area contributed by atoms with E-state index < -0.39 is 0 Å². The predicted octanol–water partition coefficient (Wildman–Crippen LogP) is 3.57. The number of methoxy groups -OCH3 is 1. The van der Waals surface area contributed by atoms with Gasteiger partial charge in [0.25, 0.3) is 0 Å². The molecule has 1 N–H and O–H groups in total. The SMILES string of the molecule is CCC(NCCc1ccco1)c1ccc(OC)cc1. The fourth-order valence-electron chi connectivity index (χ4n) is 2.16. The summed E-state index contributed by atoms with van der Waals surface area (Å²) >= 11 is 0. The maximum atomic E-state index is 5.33. The summed E-state index contributed by atoms with van der Waals surface area (Å²) in [5.74, 6) is 1.92. The maximum Gasteiger partial charge on any atom is 0.118 e. The number of ether oxygens (including phenoxy) is 1. The molecule has 1 aromatic heterocycles. The molecule has 2 rings (SSSR count). The van der Waals surface area contributed by atoms with E-state index in [-0.39, 0.29) is 0 Å². The third-order valence-electron chi connectivity index (χ3n) is 3.27. The molecule has 1 aromatic carbocycles. The Labute approximate surface area is 114 Å². The van der Waals surface area contributed by atoms with E-state index in [4.69, 9.17) is 9.15 Å². The highest BCUT2D eigenvalue weighted by molar-refractivity contribution is 5.29. The van der Waals surface area contributed by atoms with E-state index in [0.717, 1.165) is 30.9 Å². The topological polar surface area (TPSA) is 34.4 Å². The third kappa shape index (κ3) is 3.86. The number of benzene rings is 1. The smallest absolute Gasteiger partial charge is 0.118 e. The van der Waals surface area contributed by atoms with Crippen molar-refractivity contribution in [3.8, 4) is 5.75 Å². The molecule has 0 aliphatic carbocycles. The molecule has 0 spiro atoms. The lowest BCUT2D eigenvalue weighted by molar-refractivity contribution is 0.414. The molecule has 0 bridgehead atoms. The molecule has 0 aliphatic heterocycles. The quantitative estimate of drug-likeness (QED) is 0.825. The average molecular weight is 259 g/mol. The summed E-state index contributed by atoms with van der Waals surface area (Å²) in [5.41, 5.74) is 1.29. The third-order valence-corrected chi connectivity index (χ3v) is 3.27. The highest BCUT2D eigenvalue weighted by atomic mass is 16.5. The van der Waals surface area contributed by atoms with Gasteiger partial charge in [0.05, 0.1) is 13.4 Å². The van der Waals surface area contributed by atoms with E-state index in [2.05, 4.69) is 24.4 Å². The van der Waals surface area contributed by atoms with Crippen molar-refractivity contribution in [3.63, 3.8) is 0 Å². The van der Waals surface area contributed by atoms with Crippen LogP contribution in [0.2, 0.25) is 0 Å². The molecule has 3 heteroatoms. The minimum atomic E-state index is 0.376. The van der Waals surface area contributed by atoms with Gasteiger partial charge in [-0.1, -0.05) is 19.1 Å². The van der Waals surface area contributed by atoms with Crippen LogP contribution >= 0.6 is 0 Å². The lowest BCUT2D eigenvalue weighted by atomic mass is 10.0. The second kappa shape index (κ2) is 7.00. The van der Waals surface area contributed by atoms with Crippen molar-refractivity contribution in [2.75, 3.05) is 13.7 Å². The first-order valence-electron chi connectivity index (χ1n) is 6.73. The number of hydrogen-bond acceptors (Lipinski definition) is 3. The van der Waals surface area contributed by atoms with Gasteiger partial charge >= 0.3 is 0 Å². The van der Waals surface area contributed by atoms with Crippen molar-refractivity contribution in [1.29, 1.82) is 0 Å². The molecule has 0 amide bonds. The average Bonchev–Trinajstić information content (AvgIpc) is 2.97. The van der Waals surface area contributed by atoms with Crippen molar-refractivity contribution in [2.24, 2.45) is 0 Å². The van der Waals surface area contributed by atoms with Crippen molar-refractivity contribution in [3.05, 3.63) is 54.0 Å². The summed E-state index contributed by atoms with van der Waals surface area (Å²) in [6.07, 6.45) is 3.69. The van der Waals surface area contributed by atoms with Crippen LogP contribution in [0.4, 0.5) is 0 Å². The molecule has 1 atom stereocenters. The first-order valence-corrected chi connectivity index (χ1v) is 6.73. The van der Waals surface area contributed by atoms with Gasteiger partial charge < -0.3 is 14.5 Å². The zero-order valence-electron chi connectivity index (χ0n) is 11.6. The van der Waals surface area contributed by atoms with Crippen LogP contribution in [0.25, 0.3) is 0 Å². The summed E-state index contributed by atoms with van der Waals surface area (Å²) in [6.45, 7) is 3.10.